The van der Waals surface area contributed by atoms with Gasteiger partial charge in [-0.05, 0) is 65.4 Å². The van der Waals surface area contributed by atoms with Gasteiger partial charge in [-0.3, -0.25) is 4.57 Å². The minimum atomic E-state index is 0.0201. The summed E-state index contributed by atoms with van der Waals surface area (Å²) in [5.74, 6) is 2.48. The molecular formula is C57H41N5. The zero-order chi connectivity index (χ0) is 41.0. The van der Waals surface area contributed by atoms with E-state index >= 15 is 0 Å². The highest BCUT2D eigenvalue weighted by molar-refractivity contribution is 6.19. The molecule has 0 N–H and O–H groups in total. The summed E-state index contributed by atoms with van der Waals surface area (Å²) in [6.07, 6.45) is 17.6. The van der Waals surface area contributed by atoms with Crippen LogP contribution in [0.25, 0.3) is 88.9 Å². The topological polar surface area (TPSA) is 48.5 Å². The summed E-state index contributed by atoms with van der Waals surface area (Å²) in [4.78, 5) is 15.9. The van der Waals surface area contributed by atoms with Crippen LogP contribution in [0.15, 0.2) is 218 Å². The van der Waals surface area contributed by atoms with Gasteiger partial charge in [0, 0.05) is 44.5 Å². The molecule has 5 heteroatoms. The summed E-state index contributed by atoms with van der Waals surface area (Å²) in [5.41, 5.74) is 12.6. The number of hydrogen-bond donors (Lipinski definition) is 0. The van der Waals surface area contributed by atoms with E-state index in [4.69, 9.17) is 15.0 Å². The molecule has 2 unspecified atom stereocenters. The Balaban J connectivity index is 1.06. The summed E-state index contributed by atoms with van der Waals surface area (Å²) in [7, 11) is 0. The van der Waals surface area contributed by atoms with Gasteiger partial charge in [0.25, 0.3) is 0 Å². The third-order valence-electron chi connectivity index (χ3n) is 12.7. The normalized spacial score (nSPS) is 16.2. The molecule has 0 radical (unpaired) electrons. The largest absolute Gasteiger partial charge is 0.309 e. The molecule has 294 valence electrons. The third kappa shape index (κ3) is 6.12. The van der Waals surface area contributed by atoms with Crippen LogP contribution in [0.1, 0.15) is 24.6 Å². The van der Waals surface area contributed by atoms with Gasteiger partial charge in [-0.1, -0.05) is 182 Å². The van der Waals surface area contributed by atoms with E-state index in [-0.39, 0.29) is 5.92 Å². The SMILES string of the molecule is C1=CCC(C2=CCC(c3nc(-c4ccccc4)nc(-n4c5ccccc5c5cc6c7ccccc7n(-c7ccccc7-c7ccc(-c8ccccc8)cc7)c6cc54)n3)C=C2)C=C1. The maximum absolute atomic E-state index is 5.38. The maximum atomic E-state index is 5.38. The van der Waals surface area contributed by atoms with Crippen molar-refractivity contribution in [2.45, 2.75) is 18.8 Å². The van der Waals surface area contributed by atoms with Crippen LogP contribution in [0.5, 0.6) is 0 Å². The lowest BCUT2D eigenvalue weighted by Gasteiger charge is -2.21. The van der Waals surface area contributed by atoms with Crippen molar-refractivity contribution in [3.05, 3.63) is 224 Å². The van der Waals surface area contributed by atoms with E-state index in [0.29, 0.717) is 17.7 Å². The van der Waals surface area contributed by atoms with Crippen molar-refractivity contribution in [2.24, 2.45) is 5.92 Å². The van der Waals surface area contributed by atoms with Crippen LogP contribution < -0.4 is 0 Å². The standard InChI is InChI=1S/C57H41N5/c1-4-16-38(17-5-1)40-28-32-42(33-29-40)45-22-10-13-25-50(45)61-51-26-14-11-23-46(51)48-36-49-47-24-12-15-27-52(47)62(54(49)37-53(48)61)57-59-55(43-20-8-3-9-21-43)58-56(60-57)44-34-30-41(31-35-44)39-18-6-2-7-19-39/h1-18,20-34,36-37,39,44H,19,35H2. The molecule has 0 spiro atoms. The predicted octanol–water partition coefficient (Wildman–Crippen LogP) is 14.2. The maximum Gasteiger partial charge on any atom is 0.238 e. The van der Waals surface area contributed by atoms with E-state index in [1.165, 1.54) is 38.6 Å². The zero-order valence-corrected chi connectivity index (χ0v) is 34.0. The number of hydrogen-bond acceptors (Lipinski definition) is 3. The number of nitrogens with zero attached hydrogens (tertiary/aromatic N) is 5. The molecule has 2 aliphatic rings. The van der Waals surface area contributed by atoms with Crippen molar-refractivity contribution >= 4 is 43.6 Å². The van der Waals surface area contributed by atoms with Crippen LogP contribution >= 0.6 is 0 Å². The van der Waals surface area contributed by atoms with Crippen molar-refractivity contribution in [2.75, 3.05) is 0 Å². The first-order valence-corrected chi connectivity index (χ1v) is 21.5. The van der Waals surface area contributed by atoms with E-state index in [0.717, 1.165) is 62.8 Å². The van der Waals surface area contributed by atoms with Gasteiger partial charge in [-0.15, -0.1) is 0 Å². The highest BCUT2D eigenvalue weighted by atomic mass is 15.2. The van der Waals surface area contributed by atoms with E-state index in [2.05, 4.69) is 203 Å². The van der Waals surface area contributed by atoms with Crippen molar-refractivity contribution in [3.63, 3.8) is 0 Å². The summed E-state index contributed by atoms with van der Waals surface area (Å²) in [6.45, 7) is 0. The first-order valence-electron chi connectivity index (χ1n) is 21.5. The fourth-order valence-electron chi connectivity index (χ4n) is 9.59. The van der Waals surface area contributed by atoms with Crippen LogP contribution in [0.2, 0.25) is 0 Å². The Morgan fingerprint density at radius 1 is 0.435 bits per heavy atom. The highest BCUT2D eigenvalue weighted by Crippen LogP contribution is 2.42. The molecule has 0 amide bonds. The molecular weight excluding hydrogens is 755 g/mol. The third-order valence-corrected chi connectivity index (χ3v) is 12.7. The second kappa shape index (κ2) is 15.0. The molecule has 0 aliphatic heterocycles. The minimum Gasteiger partial charge on any atom is -0.309 e. The van der Waals surface area contributed by atoms with Gasteiger partial charge in [0.1, 0.15) is 5.82 Å². The smallest absolute Gasteiger partial charge is 0.238 e. The van der Waals surface area contributed by atoms with Crippen molar-refractivity contribution in [1.82, 2.24) is 24.1 Å². The molecule has 5 nitrogen and oxygen atoms in total. The number of rotatable bonds is 7. The first-order chi connectivity index (χ1) is 30.7. The van der Waals surface area contributed by atoms with Crippen molar-refractivity contribution in [1.29, 1.82) is 0 Å². The van der Waals surface area contributed by atoms with E-state index in [9.17, 15) is 0 Å². The number of allylic oxidation sites excluding steroid dienone is 8. The molecule has 3 heterocycles. The van der Waals surface area contributed by atoms with E-state index in [1.807, 2.05) is 18.2 Å². The lowest BCUT2D eigenvalue weighted by Crippen LogP contribution is -2.12. The number of aromatic nitrogens is 5. The van der Waals surface area contributed by atoms with Crippen molar-refractivity contribution < 1.29 is 0 Å². The molecule has 0 bridgehead atoms. The van der Waals surface area contributed by atoms with E-state index in [1.54, 1.807) is 0 Å². The predicted molar refractivity (Wildman–Crippen MR) is 256 cm³/mol. The van der Waals surface area contributed by atoms with Gasteiger partial charge in [-0.2, -0.15) is 9.97 Å². The molecule has 2 atom stereocenters. The van der Waals surface area contributed by atoms with Crippen LogP contribution in [0, 0.1) is 5.92 Å². The second-order valence-electron chi connectivity index (χ2n) is 16.3. The fourth-order valence-corrected chi connectivity index (χ4v) is 9.59. The van der Waals surface area contributed by atoms with Crippen LogP contribution in [0.3, 0.4) is 0 Å². The van der Waals surface area contributed by atoms with Gasteiger partial charge < -0.3 is 4.57 Å². The summed E-state index contributed by atoms with van der Waals surface area (Å²) < 4.78 is 4.69. The van der Waals surface area contributed by atoms with Crippen molar-refractivity contribution in [3.8, 4) is 45.3 Å². The number of para-hydroxylation sites is 3. The average molecular weight is 796 g/mol. The molecule has 0 fully saturated rings. The Morgan fingerprint density at radius 3 is 1.77 bits per heavy atom. The number of fused-ring (bicyclic) bond motifs is 6. The van der Waals surface area contributed by atoms with Crippen LogP contribution in [0.4, 0.5) is 0 Å². The highest BCUT2D eigenvalue weighted by Gasteiger charge is 2.24. The second-order valence-corrected chi connectivity index (χ2v) is 16.3. The Morgan fingerprint density at radius 2 is 1.06 bits per heavy atom. The first kappa shape index (κ1) is 36.0. The lowest BCUT2D eigenvalue weighted by atomic mass is 9.86. The van der Waals surface area contributed by atoms with Gasteiger partial charge in [0.2, 0.25) is 5.95 Å². The van der Waals surface area contributed by atoms with Crippen LogP contribution in [-0.2, 0) is 0 Å². The summed E-state index contributed by atoms with van der Waals surface area (Å²) in [5, 5.41) is 4.72. The quantitative estimate of drug-likeness (QED) is 0.161. The van der Waals surface area contributed by atoms with Gasteiger partial charge in [0.15, 0.2) is 5.82 Å². The fraction of sp³-hybridized carbons (Fsp3) is 0.0702. The Labute approximate surface area is 360 Å². The van der Waals surface area contributed by atoms with E-state index < -0.39 is 0 Å². The van der Waals surface area contributed by atoms with Crippen LogP contribution in [-0.4, -0.2) is 24.1 Å². The minimum absolute atomic E-state index is 0.0201. The monoisotopic (exact) mass is 795 g/mol. The molecule has 0 saturated heterocycles. The number of benzene rings is 7. The molecule has 7 aromatic carbocycles. The summed E-state index contributed by atoms with van der Waals surface area (Å²) in [6, 6.07) is 60.7. The molecule has 0 saturated carbocycles. The molecule has 10 aromatic rings. The molecule has 62 heavy (non-hydrogen) atoms. The molecule has 12 rings (SSSR count). The molecule has 2 aliphatic carbocycles. The lowest BCUT2D eigenvalue weighted by molar-refractivity contribution is 0.716. The Bertz CT molecular complexity index is 3460. The molecule has 3 aromatic heterocycles. The Hall–Kier alpha value is -7.89. The van der Waals surface area contributed by atoms with Gasteiger partial charge >= 0.3 is 0 Å². The zero-order valence-electron chi connectivity index (χ0n) is 34.0. The Kier molecular flexibility index (Phi) is 8.70. The average Bonchev–Trinajstić information content (AvgIpc) is 3.86. The summed E-state index contributed by atoms with van der Waals surface area (Å²) >= 11 is 0. The van der Waals surface area contributed by atoms with Gasteiger partial charge in [-0.25, -0.2) is 4.98 Å². The van der Waals surface area contributed by atoms with Gasteiger partial charge in [0.05, 0.1) is 27.8 Å².